The van der Waals surface area contributed by atoms with E-state index in [1.807, 2.05) is 0 Å². The SMILES string of the molecule is Cc1cc([N+](=O)[O-])c(S(=O)(=O)NC2CNC2)cc1C. The maximum absolute atomic E-state index is 12.2. The normalized spacial score (nSPS) is 16.1. The molecule has 1 aliphatic rings. The molecule has 1 aromatic rings. The van der Waals surface area contributed by atoms with Gasteiger partial charge in [0.25, 0.3) is 5.69 Å². The van der Waals surface area contributed by atoms with E-state index in [4.69, 9.17) is 0 Å². The number of rotatable bonds is 4. The molecule has 8 heteroatoms. The van der Waals surface area contributed by atoms with Gasteiger partial charge < -0.3 is 5.32 Å². The molecule has 2 N–H and O–H groups in total. The predicted octanol–water partition coefficient (Wildman–Crippen LogP) is 0.462. The molecule has 0 aliphatic carbocycles. The van der Waals surface area contributed by atoms with Crippen LogP contribution in [0.25, 0.3) is 0 Å². The smallest absolute Gasteiger partial charge is 0.289 e. The lowest BCUT2D eigenvalue weighted by Crippen LogP contribution is -2.56. The van der Waals surface area contributed by atoms with Crippen LogP contribution in [0, 0.1) is 24.0 Å². The zero-order valence-electron chi connectivity index (χ0n) is 10.6. The van der Waals surface area contributed by atoms with Gasteiger partial charge in [-0.3, -0.25) is 10.1 Å². The molecular weight excluding hydrogens is 270 g/mol. The van der Waals surface area contributed by atoms with Gasteiger partial charge in [-0.15, -0.1) is 0 Å². The van der Waals surface area contributed by atoms with Crippen LogP contribution in [0.15, 0.2) is 17.0 Å². The number of hydrogen-bond acceptors (Lipinski definition) is 5. The van der Waals surface area contributed by atoms with Gasteiger partial charge in [-0.2, -0.15) is 0 Å². The summed E-state index contributed by atoms with van der Waals surface area (Å²) in [5.41, 5.74) is 1.01. The highest BCUT2D eigenvalue weighted by Crippen LogP contribution is 2.27. The molecule has 0 saturated carbocycles. The van der Waals surface area contributed by atoms with E-state index in [1.54, 1.807) is 13.8 Å². The Hall–Kier alpha value is -1.51. The molecule has 2 rings (SSSR count). The van der Waals surface area contributed by atoms with Crippen LogP contribution < -0.4 is 10.0 Å². The van der Waals surface area contributed by atoms with Crippen LogP contribution in [-0.4, -0.2) is 32.5 Å². The van der Waals surface area contributed by atoms with Crippen LogP contribution in [0.5, 0.6) is 0 Å². The highest BCUT2D eigenvalue weighted by Gasteiger charge is 2.30. The minimum Gasteiger partial charge on any atom is -0.313 e. The minimum atomic E-state index is -3.87. The van der Waals surface area contributed by atoms with Crippen molar-refractivity contribution in [2.24, 2.45) is 0 Å². The monoisotopic (exact) mass is 285 g/mol. The largest absolute Gasteiger partial charge is 0.313 e. The Bertz CT molecular complexity index is 623. The molecule has 1 aromatic carbocycles. The Balaban J connectivity index is 2.47. The van der Waals surface area contributed by atoms with Crippen molar-refractivity contribution in [2.45, 2.75) is 24.8 Å². The molecule has 0 amide bonds. The molecule has 0 spiro atoms. The summed E-state index contributed by atoms with van der Waals surface area (Å²) in [6.45, 7) is 4.51. The number of nitrogens with zero attached hydrogens (tertiary/aromatic N) is 1. The van der Waals surface area contributed by atoms with Crippen molar-refractivity contribution in [3.05, 3.63) is 33.4 Å². The lowest BCUT2D eigenvalue weighted by molar-refractivity contribution is -0.387. The van der Waals surface area contributed by atoms with Crippen molar-refractivity contribution in [1.29, 1.82) is 0 Å². The van der Waals surface area contributed by atoms with Gasteiger partial charge in [-0.05, 0) is 31.0 Å². The molecule has 1 saturated heterocycles. The molecule has 0 radical (unpaired) electrons. The summed E-state index contributed by atoms with van der Waals surface area (Å²) in [6, 6.07) is 2.44. The first-order chi connectivity index (χ1) is 8.81. The van der Waals surface area contributed by atoms with Crippen LogP contribution in [0.2, 0.25) is 0 Å². The number of nitro benzene ring substituents is 1. The van der Waals surface area contributed by atoms with Crippen LogP contribution in [-0.2, 0) is 10.0 Å². The summed E-state index contributed by atoms with van der Waals surface area (Å²) < 4.78 is 26.8. The van der Waals surface area contributed by atoms with E-state index in [9.17, 15) is 18.5 Å². The average molecular weight is 285 g/mol. The van der Waals surface area contributed by atoms with Crippen molar-refractivity contribution in [2.75, 3.05) is 13.1 Å². The van der Waals surface area contributed by atoms with Crippen molar-refractivity contribution >= 4 is 15.7 Å². The van der Waals surface area contributed by atoms with Crippen LogP contribution >= 0.6 is 0 Å². The molecule has 0 bridgehead atoms. The maximum atomic E-state index is 12.2. The Labute approximate surface area is 111 Å². The lowest BCUT2D eigenvalue weighted by atomic mass is 10.1. The fourth-order valence-electron chi connectivity index (χ4n) is 1.79. The van der Waals surface area contributed by atoms with Crippen molar-refractivity contribution in [3.63, 3.8) is 0 Å². The van der Waals surface area contributed by atoms with E-state index < -0.39 is 14.9 Å². The van der Waals surface area contributed by atoms with Gasteiger partial charge in [0.2, 0.25) is 10.0 Å². The molecule has 1 aliphatic heterocycles. The summed E-state index contributed by atoms with van der Waals surface area (Å²) in [7, 11) is -3.87. The second kappa shape index (κ2) is 4.87. The summed E-state index contributed by atoms with van der Waals surface area (Å²) in [5.74, 6) is 0. The fourth-order valence-corrected chi connectivity index (χ4v) is 3.26. The van der Waals surface area contributed by atoms with E-state index in [0.717, 1.165) is 0 Å². The summed E-state index contributed by atoms with van der Waals surface area (Å²) in [4.78, 5) is 10.1. The van der Waals surface area contributed by atoms with Crippen LogP contribution in [0.4, 0.5) is 5.69 Å². The first-order valence-corrected chi connectivity index (χ1v) is 7.28. The Kier molecular flexibility index (Phi) is 3.57. The van der Waals surface area contributed by atoms with Crippen LogP contribution in [0.3, 0.4) is 0 Å². The van der Waals surface area contributed by atoms with Gasteiger partial charge in [-0.1, -0.05) is 0 Å². The van der Waals surface area contributed by atoms with Crippen molar-refractivity contribution < 1.29 is 13.3 Å². The molecule has 7 nitrogen and oxygen atoms in total. The maximum Gasteiger partial charge on any atom is 0.289 e. The van der Waals surface area contributed by atoms with Gasteiger partial charge in [0, 0.05) is 25.2 Å². The number of nitrogens with one attached hydrogen (secondary N) is 2. The third-order valence-electron chi connectivity index (χ3n) is 3.16. The molecule has 0 aromatic heterocycles. The summed E-state index contributed by atoms with van der Waals surface area (Å²) in [5, 5.41) is 13.9. The second-order valence-electron chi connectivity index (χ2n) is 4.64. The van der Waals surface area contributed by atoms with Gasteiger partial charge in [-0.25, -0.2) is 13.1 Å². The third kappa shape index (κ3) is 2.75. The second-order valence-corrected chi connectivity index (χ2v) is 6.32. The van der Waals surface area contributed by atoms with Crippen LogP contribution in [0.1, 0.15) is 11.1 Å². The minimum absolute atomic E-state index is 0.203. The molecule has 0 atom stereocenters. The number of benzene rings is 1. The van der Waals surface area contributed by atoms with Gasteiger partial charge in [0.05, 0.1) is 4.92 Å². The summed E-state index contributed by atoms with van der Waals surface area (Å²) >= 11 is 0. The highest BCUT2D eigenvalue weighted by molar-refractivity contribution is 7.89. The lowest BCUT2D eigenvalue weighted by Gasteiger charge is -2.27. The quantitative estimate of drug-likeness (QED) is 0.618. The molecule has 19 heavy (non-hydrogen) atoms. The summed E-state index contributed by atoms with van der Waals surface area (Å²) in [6.07, 6.45) is 0. The van der Waals surface area contributed by atoms with Crippen molar-refractivity contribution in [3.8, 4) is 0 Å². The first-order valence-electron chi connectivity index (χ1n) is 5.80. The number of sulfonamides is 1. The third-order valence-corrected chi connectivity index (χ3v) is 4.71. The van der Waals surface area contributed by atoms with E-state index >= 15 is 0 Å². The van der Waals surface area contributed by atoms with Gasteiger partial charge in [0.1, 0.15) is 0 Å². The Morgan fingerprint density at radius 3 is 2.37 bits per heavy atom. The predicted molar refractivity (Wildman–Crippen MR) is 69.5 cm³/mol. The average Bonchev–Trinajstić information content (AvgIpc) is 2.26. The van der Waals surface area contributed by atoms with E-state index in [-0.39, 0.29) is 16.6 Å². The Morgan fingerprint density at radius 2 is 1.89 bits per heavy atom. The fraction of sp³-hybridized carbons (Fsp3) is 0.455. The molecular formula is C11H15N3O4S. The van der Waals surface area contributed by atoms with E-state index in [0.29, 0.717) is 24.2 Å². The number of hydrogen-bond donors (Lipinski definition) is 2. The van der Waals surface area contributed by atoms with E-state index in [2.05, 4.69) is 10.0 Å². The van der Waals surface area contributed by atoms with Gasteiger partial charge >= 0.3 is 0 Å². The molecule has 104 valence electrons. The standard InChI is InChI=1S/C11H15N3O4S/c1-7-3-10(14(15)16)11(4-8(7)2)19(17,18)13-9-5-12-6-9/h3-4,9,12-13H,5-6H2,1-2H3. The number of aryl methyl sites for hydroxylation is 2. The van der Waals surface area contributed by atoms with Crippen molar-refractivity contribution in [1.82, 2.24) is 10.0 Å². The molecule has 1 heterocycles. The number of nitro groups is 1. The zero-order valence-corrected chi connectivity index (χ0v) is 11.5. The van der Waals surface area contributed by atoms with Gasteiger partial charge in [0.15, 0.2) is 4.90 Å². The topological polar surface area (TPSA) is 101 Å². The molecule has 0 unspecified atom stereocenters. The Morgan fingerprint density at radius 1 is 1.32 bits per heavy atom. The first kappa shape index (κ1) is 13.9. The molecule has 1 fully saturated rings. The zero-order chi connectivity index (χ0) is 14.2. The highest BCUT2D eigenvalue weighted by atomic mass is 32.2. The van der Waals surface area contributed by atoms with E-state index in [1.165, 1.54) is 12.1 Å².